The number of amides is 1. The van der Waals surface area contributed by atoms with Gasteiger partial charge in [0.1, 0.15) is 16.9 Å². The lowest BCUT2D eigenvalue weighted by Gasteiger charge is -2.27. The third kappa shape index (κ3) is 3.86. The second-order valence-electron chi connectivity index (χ2n) is 11.9. The minimum Gasteiger partial charge on any atom is -0.494 e. The number of methoxy groups -OCH3 is 1. The third-order valence-electron chi connectivity index (χ3n) is 9.40. The lowest BCUT2D eigenvalue weighted by molar-refractivity contribution is 0.0700. The monoisotopic (exact) mass is 547 g/mol. The molecule has 1 amide bonds. The Morgan fingerprint density at radius 1 is 1.05 bits per heavy atom. The zero-order chi connectivity index (χ0) is 27.8. The molecule has 3 fully saturated rings. The summed E-state index contributed by atoms with van der Waals surface area (Å²) in [7, 11) is 3.67. The van der Waals surface area contributed by atoms with E-state index in [1.54, 1.807) is 19.5 Å². The molecule has 1 aromatic carbocycles. The Balaban J connectivity index is 1.25. The molecule has 9 nitrogen and oxygen atoms in total. The molecule has 0 spiro atoms. The molecule has 2 bridgehead atoms. The maximum absolute atomic E-state index is 13.7. The molecule has 208 valence electrons. The molecule has 3 atom stereocenters. The summed E-state index contributed by atoms with van der Waals surface area (Å²) in [5.41, 5.74) is 12.6. The summed E-state index contributed by atoms with van der Waals surface area (Å²) in [5, 5.41) is 1.08. The van der Waals surface area contributed by atoms with Crippen LogP contribution >= 0.6 is 0 Å². The fourth-order valence-corrected chi connectivity index (χ4v) is 7.01. The van der Waals surface area contributed by atoms with Gasteiger partial charge in [-0.3, -0.25) is 9.78 Å². The van der Waals surface area contributed by atoms with E-state index in [0.29, 0.717) is 23.1 Å². The summed E-state index contributed by atoms with van der Waals surface area (Å²) in [6.45, 7) is 1.63. The number of nitrogens with zero attached hydrogens (tertiary/aromatic N) is 6. The number of piperidine rings is 1. The van der Waals surface area contributed by atoms with Crippen molar-refractivity contribution in [1.82, 2.24) is 29.0 Å². The van der Waals surface area contributed by atoms with Crippen LogP contribution in [0.25, 0.3) is 44.8 Å². The fourth-order valence-electron chi connectivity index (χ4n) is 7.01. The van der Waals surface area contributed by atoms with E-state index in [1.165, 1.54) is 12.8 Å². The molecule has 5 aromatic rings. The van der Waals surface area contributed by atoms with E-state index in [4.69, 9.17) is 20.4 Å². The Morgan fingerprint density at radius 2 is 1.88 bits per heavy atom. The molecule has 1 aliphatic heterocycles. The topological polar surface area (TPSA) is 104 Å². The van der Waals surface area contributed by atoms with Crippen LogP contribution in [0.5, 0.6) is 5.75 Å². The second kappa shape index (κ2) is 9.14. The Hall–Kier alpha value is -4.24. The van der Waals surface area contributed by atoms with E-state index in [1.807, 2.05) is 36.2 Å². The Morgan fingerprint density at radius 3 is 2.59 bits per heavy atom. The molecule has 3 aliphatic rings. The highest BCUT2D eigenvalue weighted by molar-refractivity contribution is 6.00. The predicted octanol–water partition coefficient (Wildman–Crippen LogP) is 4.63. The molecular formula is C32H33N7O2. The van der Waals surface area contributed by atoms with Gasteiger partial charge in [-0.25, -0.2) is 9.97 Å². The number of hydrogen-bond acceptors (Lipinski definition) is 6. The van der Waals surface area contributed by atoms with Crippen LogP contribution in [0.2, 0.25) is 0 Å². The van der Waals surface area contributed by atoms with E-state index in [-0.39, 0.29) is 18.0 Å². The summed E-state index contributed by atoms with van der Waals surface area (Å²) in [6, 6.07) is 14.3. The van der Waals surface area contributed by atoms with Crippen molar-refractivity contribution >= 4 is 28.0 Å². The molecule has 8 rings (SSSR count). The molecule has 2 N–H and O–H groups in total. The zero-order valence-corrected chi connectivity index (χ0v) is 23.3. The number of benzene rings is 1. The van der Waals surface area contributed by atoms with Gasteiger partial charge in [0.25, 0.3) is 5.91 Å². The van der Waals surface area contributed by atoms with Crippen molar-refractivity contribution in [3.8, 4) is 28.5 Å². The number of rotatable bonds is 6. The highest BCUT2D eigenvalue weighted by Crippen LogP contribution is 2.40. The average molecular weight is 548 g/mol. The van der Waals surface area contributed by atoms with Gasteiger partial charge in [-0.15, -0.1) is 0 Å². The Kier molecular flexibility index (Phi) is 5.47. The summed E-state index contributed by atoms with van der Waals surface area (Å²) in [6.07, 6.45) is 8.14. The molecular weight excluding hydrogens is 514 g/mol. The van der Waals surface area contributed by atoms with E-state index in [0.717, 1.165) is 70.8 Å². The van der Waals surface area contributed by atoms with Crippen molar-refractivity contribution in [3.05, 3.63) is 60.4 Å². The van der Waals surface area contributed by atoms with Crippen LogP contribution in [0, 0.1) is 11.8 Å². The number of likely N-dealkylation sites (tertiary alicyclic amines) is 1. The van der Waals surface area contributed by atoms with Crippen molar-refractivity contribution in [1.29, 1.82) is 0 Å². The van der Waals surface area contributed by atoms with Gasteiger partial charge in [0.2, 0.25) is 0 Å². The van der Waals surface area contributed by atoms with Crippen LogP contribution in [0.1, 0.15) is 36.0 Å². The number of carbonyl (C=O) groups is 1. The van der Waals surface area contributed by atoms with E-state index < -0.39 is 0 Å². The summed E-state index contributed by atoms with van der Waals surface area (Å²) >= 11 is 0. The molecule has 9 heteroatoms. The van der Waals surface area contributed by atoms with Gasteiger partial charge in [0.05, 0.1) is 24.0 Å². The molecule has 1 saturated heterocycles. The lowest BCUT2D eigenvalue weighted by Crippen LogP contribution is -2.41. The third-order valence-corrected chi connectivity index (χ3v) is 9.40. The number of ether oxygens (including phenoxy) is 1. The predicted molar refractivity (Wildman–Crippen MR) is 157 cm³/mol. The number of imidazole rings is 1. The summed E-state index contributed by atoms with van der Waals surface area (Å²) < 4.78 is 10.2. The van der Waals surface area contributed by atoms with Crippen molar-refractivity contribution in [3.63, 3.8) is 0 Å². The van der Waals surface area contributed by atoms with Crippen LogP contribution in [-0.4, -0.2) is 60.6 Å². The summed E-state index contributed by atoms with van der Waals surface area (Å²) in [4.78, 5) is 30.0. The first-order valence-corrected chi connectivity index (χ1v) is 14.5. The smallest absolute Gasteiger partial charge is 0.254 e. The van der Waals surface area contributed by atoms with Gasteiger partial charge in [-0.1, -0.05) is 0 Å². The Labute approximate surface area is 238 Å². The lowest BCUT2D eigenvalue weighted by atomic mass is 10.1. The van der Waals surface area contributed by atoms with Gasteiger partial charge in [0, 0.05) is 61.1 Å². The highest BCUT2D eigenvalue weighted by Gasteiger charge is 2.47. The molecule has 2 saturated carbocycles. The molecule has 0 unspecified atom stereocenters. The standard InChI is InChI=1S/C32H33N7O2/c1-37-29-24(13-22(15-27(29)41-2)32(40)39-17-21-6-8-25(39)28(21)33)36-31(37)26-14-20-5-7-23(19-9-11-34-12-10-19)35-30(20)38(26)16-18-3-4-18/h5,7,9-15,18,21,25,28H,3-4,6,8,16-17,33H2,1-2H3/t21-,25-,28-/m1/s1. The number of carbonyl (C=O) groups excluding carboxylic acids is 1. The van der Waals surface area contributed by atoms with Crippen LogP contribution in [0.3, 0.4) is 0 Å². The zero-order valence-electron chi connectivity index (χ0n) is 23.3. The normalized spacial score (nSPS) is 21.8. The average Bonchev–Trinajstić information content (AvgIpc) is 3.41. The quantitative estimate of drug-likeness (QED) is 0.332. The largest absolute Gasteiger partial charge is 0.494 e. The molecule has 2 aliphatic carbocycles. The van der Waals surface area contributed by atoms with Crippen molar-refractivity contribution in [2.45, 2.75) is 44.3 Å². The van der Waals surface area contributed by atoms with Crippen LogP contribution in [0.4, 0.5) is 0 Å². The summed E-state index contributed by atoms with van der Waals surface area (Å²) in [5.74, 6) is 2.53. The first-order valence-electron chi connectivity index (χ1n) is 14.5. The van der Waals surface area contributed by atoms with Crippen LogP contribution < -0.4 is 10.5 Å². The first-order chi connectivity index (χ1) is 20.0. The first kappa shape index (κ1) is 24.5. The van der Waals surface area contributed by atoms with E-state index in [9.17, 15) is 4.79 Å². The minimum atomic E-state index is 0.00995. The number of aryl methyl sites for hydroxylation is 1. The Bertz CT molecular complexity index is 1820. The fraction of sp³-hybridized carbons (Fsp3) is 0.375. The molecule has 0 radical (unpaired) electrons. The molecule has 41 heavy (non-hydrogen) atoms. The van der Waals surface area contributed by atoms with Crippen molar-refractivity contribution in [2.75, 3.05) is 13.7 Å². The number of aromatic nitrogens is 5. The molecule has 4 aromatic heterocycles. The van der Waals surface area contributed by atoms with Gasteiger partial charge in [0.15, 0.2) is 5.82 Å². The van der Waals surface area contributed by atoms with Crippen molar-refractivity contribution in [2.24, 2.45) is 24.6 Å². The maximum Gasteiger partial charge on any atom is 0.254 e. The highest BCUT2D eigenvalue weighted by atomic mass is 16.5. The van der Waals surface area contributed by atoms with Gasteiger partial charge >= 0.3 is 0 Å². The van der Waals surface area contributed by atoms with Gasteiger partial charge in [-0.05, 0) is 80.0 Å². The minimum absolute atomic E-state index is 0.00995. The maximum atomic E-state index is 13.7. The van der Waals surface area contributed by atoms with E-state index >= 15 is 0 Å². The second-order valence-corrected chi connectivity index (χ2v) is 11.9. The number of nitrogens with two attached hydrogens (primary N) is 1. The van der Waals surface area contributed by atoms with Gasteiger partial charge in [-0.2, -0.15) is 0 Å². The van der Waals surface area contributed by atoms with Crippen LogP contribution in [-0.2, 0) is 13.6 Å². The molecule has 5 heterocycles. The number of hydrogen-bond donors (Lipinski definition) is 1. The van der Waals surface area contributed by atoms with Crippen molar-refractivity contribution < 1.29 is 9.53 Å². The van der Waals surface area contributed by atoms with Gasteiger partial charge < -0.3 is 24.5 Å². The van der Waals surface area contributed by atoms with Crippen LogP contribution in [0.15, 0.2) is 54.9 Å². The van der Waals surface area contributed by atoms with E-state index in [2.05, 4.69) is 32.3 Å². The number of pyridine rings is 2. The number of fused-ring (bicyclic) bond motifs is 4. The SMILES string of the molecule is COc1cc(C(=O)N2C[C@H]3CC[C@@H]2[C@@H]3N)cc2nc(-c3cc4ccc(-c5ccncc5)nc4n3CC3CC3)n(C)c12.